The highest BCUT2D eigenvalue weighted by atomic mass is 79.9. The topological polar surface area (TPSA) is 73.0 Å². The molecule has 8 heteroatoms. The van der Waals surface area contributed by atoms with Crippen molar-refractivity contribution in [1.82, 2.24) is 20.1 Å². The zero-order valence-electron chi connectivity index (χ0n) is 15.9. The molecule has 0 aliphatic heterocycles. The van der Waals surface area contributed by atoms with Gasteiger partial charge in [-0.1, -0.05) is 47.5 Å². The Morgan fingerprint density at radius 2 is 2.14 bits per heavy atom. The molecular formula is C20H23BrN4O2S. The Morgan fingerprint density at radius 3 is 2.96 bits per heavy atom. The van der Waals surface area contributed by atoms with E-state index < -0.39 is 0 Å². The first-order valence-corrected chi connectivity index (χ1v) is 11.3. The summed E-state index contributed by atoms with van der Waals surface area (Å²) in [7, 11) is 1.89. The van der Waals surface area contributed by atoms with E-state index in [4.69, 9.17) is 4.42 Å². The molecule has 1 saturated carbocycles. The van der Waals surface area contributed by atoms with Crippen molar-refractivity contribution in [1.29, 1.82) is 0 Å². The molecule has 2 atom stereocenters. The average Bonchev–Trinajstić information content (AvgIpc) is 3.24. The smallest absolute Gasteiger partial charge is 0.230 e. The molecule has 1 N–H and O–H groups in total. The van der Waals surface area contributed by atoms with Crippen LogP contribution in [0.3, 0.4) is 0 Å². The fourth-order valence-corrected chi connectivity index (χ4v) is 4.79. The van der Waals surface area contributed by atoms with E-state index in [2.05, 4.69) is 38.4 Å². The van der Waals surface area contributed by atoms with Crippen molar-refractivity contribution in [2.24, 2.45) is 13.0 Å². The lowest BCUT2D eigenvalue weighted by molar-refractivity contribution is -0.119. The Labute approximate surface area is 176 Å². The van der Waals surface area contributed by atoms with Crippen LogP contribution >= 0.6 is 27.7 Å². The van der Waals surface area contributed by atoms with Crippen LogP contribution < -0.4 is 5.32 Å². The highest BCUT2D eigenvalue weighted by Crippen LogP contribution is 2.30. The number of carbonyl (C=O) groups is 1. The molecule has 0 spiro atoms. The van der Waals surface area contributed by atoms with Gasteiger partial charge in [0.05, 0.1) is 5.75 Å². The fourth-order valence-electron chi connectivity index (χ4n) is 3.69. The van der Waals surface area contributed by atoms with Crippen molar-refractivity contribution < 1.29 is 9.21 Å². The number of rotatable bonds is 5. The number of carbonyl (C=O) groups excluding carboxylic acids is 1. The van der Waals surface area contributed by atoms with Gasteiger partial charge < -0.3 is 14.3 Å². The first-order chi connectivity index (χ1) is 13.5. The summed E-state index contributed by atoms with van der Waals surface area (Å²) in [5, 5.41) is 13.4. The third kappa shape index (κ3) is 4.12. The van der Waals surface area contributed by atoms with Crippen LogP contribution in [0.2, 0.25) is 0 Å². The largest absolute Gasteiger partial charge is 0.453 e. The normalized spacial score (nSPS) is 19.8. The van der Waals surface area contributed by atoms with Crippen LogP contribution in [0.25, 0.3) is 22.6 Å². The van der Waals surface area contributed by atoms with Gasteiger partial charge in [0.25, 0.3) is 0 Å². The maximum Gasteiger partial charge on any atom is 0.230 e. The number of amides is 1. The van der Waals surface area contributed by atoms with E-state index in [0.717, 1.165) is 21.9 Å². The first-order valence-electron chi connectivity index (χ1n) is 9.52. The Bertz CT molecular complexity index is 999. The molecule has 6 nitrogen and oxygen atoms in total. The Hall–Kier alpha value is -1.80. The molecule has 1 aliphatic rings. The summed E-state index contributed by atoms with van der Waals surface area (Å²) in [5.41, 5.74) is 0.802. The molecule has 0 bridgehead atoms. The van der Waals surface area contributed by atoms with Gasteiger partial charge in [-0.25, -0.2) is 0 Å². The van der Waals surface area contributed by atoms with Crippen molar-refractivity contribution >= 4 is 44.6 Å². The minimum atomic E-state index is 0.0573. The second-order valence-corrected chi connectivity index (χ2v) is 9.24. The zero-order valence-corrected chi connectivity index (χ0v) is 18.3. The number of hydrogen-bond acceptors (Lipinski definition) is 5. The highest BCUT2D eigenvalue weighted by molar-refractivity contribution is 9.10. The molecule has 1 aliphatic carbocycles. The SMILES string of the molecule is C[C@@H]1CCCC[C@@H]1NC(=O)CSc1nnc(-c2cc3cc(Br)ccc3o2)n1C. The second-order valence-electron chi connectivity index (χ2n) is 7.38. The zero-order chi connectivity index (χ0) is 19.7. The second kappa shape index (κ2) is 8.29. The molecule has 28 heavy (non-hydrogen) atoms. The van der Waals surface area contributed by atoms with E-state index in [1.807, 2.05) is 35.9 Å². The Balaban J connectivity index is 1.42. The van der Waals surface area contributed by atoms with Crippen molar-refractivity contribution in [2.45, 2.75) is 43.8 Å². The summed E-state index contributed by atoms with van der Waals surface area (Å²) in [5.74, 6) is 2.26. The minimum Gasteiger partial charge on any atom is -0.453 e. The van der Waals surface area contributed by atoms with Gasteiger partial charge in [-0.3, -0.25) is 4.79 Å². The van der Waals surface area contributed by atoms with Crippen molar-refractivity contribution in [2.75, 3.05) is 5.75 Å². The first kappa shape index (κ1) is 19.5. The van der Waals surface area contributed by atoms with E-state index in [1.54, 1.807) is 0 Å². The van der Waals surface area contributed by atoms with Crippen LogP contribution in [0.1, 0.15) is 32.6 Å². The van der Waals surface area contributed by atoms with Gasteiger partial charge in [0.1, 0.15) is 5.58 Å². The van der Waals surface area contributed by atoms with Crippen molar-refractivity contribution in [3.8, 4) is 11.6 Å². The van der Waals surface area contributed by atoms with Crippen LogP contribution in [-0.4, -0.2) is 32.5 Å². The number of halogens is 1. The van der Waals surface area contributed by atoms with Gasteiger partial charge in [-0.05, 0) is 43.0 Å². The molecule has 3 aromatic rings. The van der Waals surface area contributed by atoms with Gasteiger partial charge in [0.2, 0.25) is 5.91 Å². The predicted octanol–water partition coefficient (Wildman–Crippen LogP) is 4.78. The lowest BCUT2D eigenvalue weighted by Crippen LogP contribution is -2.41. The lowest BCUT2D eigenvalue weighted by Gasteiger charge is -2.29. The Morgan fingerprint density at radius 1 is 1.32 bits per heavy atom. The number of hydrogen-bond donors (Lipinski definition) is 1. The molecule has 2 aromatic heterocycles. The van der Waals surface area contributed by atoms with Gasteiger partial charge in [0, 0.05) is 22.9 Å². The van der Waals surface area contributed by atoms with Gasteiger partial charge in [-0.15, -0.1) is 10.2 Å². The highest BCUT2D eigenvalue weighted by Gasteiger charge is 2.23. The monoisotopic (exact) mass is 462 g/mol. The summed E-state index contributed by atoms with van der Waals surface area (Å²) in [6.07, 6.45) is 4.73. The van der Waals surface area contributed by atoms with Crippen molar-refractivity contribution in [3.05, 3.63) is 28.7 Å². The Kier molecular flexibility index (Phi) is 5.78. The molecule has 0 unspecified atom stereocenters. The van der Waals surface area contributed by atoms with Crippen molar-refractivity contribution in [3.63, 3.8) is 0 Å². The third-order valence-corrected chi connectivity index (χ3v) is 6.84. The van der Waals surface area contributed by atoms with Crippen LogP contribution in [0, 0.1) is 5.92 Å². The number of aromatic nitrogens is 3. The number of nitrogens with zero attached hydrogens (tertiary/aromatic N) is 3. The number of fused-ring (bicyclic) bond motifs is 1. The van der Waals surface area contributed by atoms with Gasteiger partial charge in [-0.2, -0.15) is 0 Å². The summed E-state index contributed by atoms with van der Waals surface area (Å²) in [6.45, 7) is 2.22. The third-order valence-electron chi connectivity index (χ3n) is 5.32. The molecule has 0 radical (unpaired) electrons. The number of benzene rings is 1. The quantitative estimate of drug-likeness (QED) is 0.552. The standard InChI is InChI=1S/C20H23BrN4O2S/c1-12-5-3-4-6-15(12)22-18(26)11-28-20-24-23-19(25(20)2)17-10-13-9-14(21)7-8-16(13)27-17/h7-10,12,15H,3-6,11H2,1-2H3,(H,22,26)/t12-,15+/m1/s1. The van der Waals surface area contributed by atoms with E-state index in [1.165, 1.54) is 31.0 Å². The molecule has 0 saturated heterocycles. The molecule has 1 fully saturated rings. The maximum absolute atomic E-state index is 12.4. The van der Waals surface area contributed by atoms with Gasteiger partial charge in [0.15, 0.2) is 16.7 Å². The fraction of sp³-hybridized carbons (Fsp3) is 0.450. The molecule has 1 amide bonds. The summed E-state index contributed by atoms with van der Waals surface area (Å²) < 4.78 is 8.78. The maximum atomic E-state index is 12.4. The predicted molar refractivity (Wildman–Crippen MR) is 114 cm³/mol. The molecular weight excluding hydrogens is 440 g/mol. The van der Waals surface area contributed by atoms with Crippen LogP contribution in [0.5, 0.6) is 0 Å². The van der Waals surface area contributed by atoms with E-state index in [-0.39, 0.29) is 5.91 Å². The molecule has 148 valence electrons. The van der Waals surface area contributed by atoms with Crippen LogP contribution in [-0.2, 0) is 11.8 Å². The van der Waals surface area contributed by atoms with Gasteiger partial charge >= 0.3 is 0 Å². The molecule has 2 heterocycles. The van der Waals surface area contributed by atoms with Crippen LogP contribution in [0.15, 0.2) is 38.3 Å². The van der Waals surface area contributed by atoms with Crippen LogP contribution in [0.4, 0.5) is 0 Å². The minimum absolute atomic E-state index is 0.0573. The molecule has 1 aromatic carbocycles. The molecule has 4 rings (SSSR count). The summed E-state index contributed by atoms with van der Waals surface area (Å²) >= 11 is 4.87. The number of thioether (sulfide) groups is 1. The van der Waals surface area contributed by atoms with E-state index in [0.29, 0.717) is 34.5 Å². The van der Waals surface area contributed by atoms with E-state index >= 15 is 0 Å². The van der Waals surface area contributed by atoms with E-state index in [9.17, 15) is 4.79 Å². The average molecular weight is 463 g/mol. The number of nitrogens with one attached hydrogen (secondary N) is 1. The summed E-state index contributed by atoms with van der Waals surface area (Å²) in [6, 6.07) is 8.12. The lowest BCUT2D eigenvalue weighted by atomic mass is 9.86. The summed E-state index contributed by atoms with van der Waals surface area (Å²) in [4.78, 5) is 12.4. The number of furan rings is 1.